The van der Waals surface area contributed by atoms with Crippen LogP contribution in [0, 0.1) is 11.6 Å². The number of thioether (sulfide) groups is 1. The van der Waals surface area contributed by atoms with Crippen molar-refractivity contribution >= 4 is 17.7 Å². The van der Waals surface area contributed by atoms with Crippen LogP contribution in [0.5, 0.6) is 5.75 Å². The molecule has 6 heteroatoms. The summed E-state index contributed by atoms with van der Waals surface area (Å²) in [5.74, 6) is -3.24. The van der Waals surface area contributed by atoms with E-state index in [-0.39, 0.29) is 10.6 Å². The second-order valence-electron chi connectivity index (χ2n) is 2.78. The number of hydrogen-bond donors (Lipinski definition) is 0. The topological polar surface area (TPSA) is 35.5 Å². The summed E-state index contributed by atoms with van der Waals surface area (Å²) in [6, 6.07) is 1.20. The number of benzene rings is 1. The molecular weight excluding hydrogens is 238 g/mol. The number of carbonyl (C=O) groups excluding carboxylic acids is 1. The van der Waals surface area contributed by atoms with Gasteiger partial charge in [-0.25, -0.2) is 13.6 Å². The lowest BCUT2D eigenvalue weighted by molar-refractivity contribution is 0.0588. The molecule has 0 aliphatic heterocycles. The first kappa shape index (κ1) is 12.8. The van der Waals surface area contributed by atoms with Crippen LogP contribution < -0.4 is 4.74 Å². The molecule has 0 saturated carbocycles. The third kappa shape index (κ3) is 2.11. The van der Waals surface area contributed by atoms with Crippen LogP contribution >= 0.6 is 11.8 Å². The van der Waals surface area contributed by atoms with Crippen LogP contribution in [0.2, 0.25) is 0 Å². The number of methoxy groups -OCH3 is 2. The van der Waals surface area contributed by atoms with Crippen LogP contribution in [0.3, 0.4) is 0 Å². The summed E-state index contributed by atoms with van der Waals surface area (Å²) in [6.45, 7) is 0. The number of hydrogen-bond acceptors (Lipinski definition) is 4. The van der Waals surface area contributed by atoms with Gasteiger partial charge in [0.1, 0.15) is 5.56 Å². The average molecular weight is 248 g/mol. The molecule has 88 valence electrons. The predicted molar refractivity (Wildman–Crippen MR) is 56.0 cm³/mol. The summed E-state index contributed by atoms with van der Waals surface area (Å²) in [5, 5.41) is 0. The van der Waals surface area contributed by atoms with Crippen molar-refractivity contribution in [3.63, 3.8) is 0 Å². The summed E-state index contributed by atoms with van der Waals surface area (Å²) in [6.07, 6.45) is 1.61. The van der Waals surface area contributed by atoms with Crippen LogP contribution in [-0.2, 0) is 4.74 Å². The van der Waals surface area contributed by atoms with Gasteiger partial charge in [0.05, 0.1) is 14.2 Å². The maximum Gasteiger partial charge on any atom is 0.344 e. The number of rotatable bonds is 3. The SMILES string of the molecule is COC(=O)c1c(F)c(OC)cc(SC)c1F. The minimum absolute atomic E-state index is 0.124. The summed E-state index contributed by atoms with van der Waals surface area (Å²) in [7, 11) is 2.29. The van der Waals surface area contributed by atoms with Gasteiger partial charge in [-0.3, -0.25) is 0 Å². The van der Waals surface area contributed by atoms with E-state index >= 15 is 0 Å². The maximum absolute atomic E-state index is 13.7. The second kappa shape index (κ2) is 5.16. The highest BCUT2D eigenvalue weighted by Crippen LogP contribution is 2.31. The summed E-state index contributed by atoms with van der Waals surface area (Å²) in [5.41, 5.74) is -0.730. The van der Waals surface area contributed by atoms with E-state index in [1.165, 1.54) is 13.2 Å². The molecule has 1 aromatic carbocycles. The van der Waals surface area contributed by atoms with E-state index in [1.807, 2.05) is 0 Å². The van der Waals surface area contributed by atoms with E-state index < -0.39 is 23.2 Å². The minimum Gasteiger partial charge on any atom is -0.494 e. The first-order valence-corrected chi connectivity index (χ1v) is 5.47. The molecule has 0 aromatic heterocycles. The fourth-order valence-corrected chi connectivity index (χ4v) is 1.67. The van der Waals surface area contributed by atoms with Crippen molar-refractivity contribution in [2.24, 2.45) is 0 Å². The van der Waals surface area contributed by atoms with Crippen molar-refractivity contribution in [3.05, 3.63) is 23.3 Å². The van der Waals surface area contributed by atoms with Crippen molar-refractivity contribution in [2.75, 3.05) is 20.5 Å². The highest BCUT2D eigenvalue weighted by molar-refractivity contribution is 7.98. The van der Waals surface area contributed by atoms with Crippen molar-refractivity contribution in [1.29, 1.82) is 0 Å². The van der Waals surface area contributed by atoms with Gasteiger partial charge < -0.3 is 9.47 Å². The van der Waals surface area contributed by atoms with E-state index in [1.54, 1.807) is 6.26 Å². The van der Waals surface area contributed by atoms with Gasteiger partial charge in [-0.1, -0.05) is 0 Å². The zero-order valence-corrected chi connectivity index (χ0v) is 9.78. The smallest absolute Gasteiger partial charge is 0.344 e. The molecular formula is C10H10F2O3S. The van der Waals surface area contributed by atoms with Gasteiger partial charge >= 0.3 is 5.97 Å². The van der Waals surface area contributed by atoms with Crippen LogP contribution in [0.1, 0.15) is 10.4 Å². The van der Waals surface area contributed by atoms with Crippen molar-refractivity contribution in [3.8, 4) is 5.75 Å². The molecule has 0 atom stereocenters. The van der Waals surface area contributed by atoms with Crippen LogP contribution in [0.4, 0.5) is 8.78 Å². The molecule has 0 bridgehead atoms. The largest absolute Gasteiger partial charge is 0.494 e. The Balaban J connectivity index is 3.49. The second-order valence-corrected chi connectivity index (χ2v) is 3.62. The monoisotopic (exact) mass is 248 g/mol. The number of halogens is 2. The van der Waals surface area contributed by atoms with Gasteiger partial charge in [-0.15, -0.1) is 11.8 Å². The Morgan fingerprint density at radius 1 is 1.31 bits per heavy atom. The fraction of sp³-hybridized carbons (Fsp3) is 0.300. The lowest BCUT2D eigenvalue weighted by Crippen LogP contribution is -2.10. The first-order valence-electron chi connectivity index (χ1n) is 4.25. The number of esters is 1. The Morgan fingerprint density at radius 3 is 2.38 bits per heavy atom. The number of ether oxygens (including phenoxy) is 2. The maximum atomic E-state index is 13.7. The van der Waals surface area contributed by atoms with Gasteiger partial charge in [-0.05, 0) is 12.3 Å². The molecule has 1 rings (SSSR count). The Bertz CT molecular complexity index is 393. The molecule has 0 radical (unpaired) electrons. The zero-order valence-electron chi connectivity index (χ0n) is 8.97. The molecule has 0 unspecified atom stereocenters. The van der Waals surface area contributed by atoms with E-state index in [4.69, 9.17) is 4.74 Å². The predicted octanol–water partition coefficient (Wildman–Crippen LogP) is 2.48. The summed E-state index contributed by atoms with van der Waals surface area (Å²) in [4.78, 5) is 11.3. The van der Waals surface area contributed by atoms with Gasteiger partial charge in [-0.2, -0.15) is 0 Å². The molecule has 0 N–H and O–H groups in total. The highest BCUT2D eigenvalue weighted by atomic mass is 32.2. The lowest BCUT2D eigenvalue weighted by atomic mass is 10.2. The van der Waals surface area contributed by atoms with Gasteiger partial charge in [0.25, 0.3) is 0 Å². The van der Waals surface area contributed by atoms with E-state index in [0.29, 0.717) is 0 Å². The minimum atomic E-state index is -1.07. The molecule has 0 aliphatic rings. The first-order chi connectivity index (χ1) is 7.56. The Morgan fingerprint density at radius 2 is 1.94 bits per heavy atom. The van der Waals surface area contributed by atoms with Crippen molar-refractivity contribution in [1.82, 2.24) is 0 Å². The normalized spacial score (nSPS) is 10.1. The standard InChI is InChI=1S/C10H10F2O3S/c1-14-5-4-6(16-3)9(12)7(8(5)11)10(13)15-2/h4H,1-3H3. The molecule has 0 amide bonds. The molecule has 0 fully saturated rings. The van der Waals surface area contributed by atoms with Crippen molar-refractivity contribution in [2.45, 2.75) is 4.90 Å². The molecule has 0 heterocycles. The van der Waals surface area contributed by atoms with E-state index in [2.05, 4.69) is 4.74 Å². The Hall–Kier alpha value is -1.30. The molecule has 0 saturated heterocycles. The molecule has 3 nitrogen and oxygen atoms in total. The Labute approximate surface area is 95.7 Å². The van der Waals surface area contributed by atoms with Gasteiger partial charge in [0.2, 0.25) is 0 Å². The molecule has 0 aliphatic carbocycles. The molecule has 16 heavy (non-hydrogen) atoms. The quantitative estimate of drug-likeness (QED) is 0.608. The third-order valence-corrected chi connectivity index (χ3v) is 2.70. The van der Waals surface area contributed by atoms with Gasteiger partial charge in [0.15, 0.2) is 17.4 Å². The van der Waals surface area contributed by atoms with Crippen LogP contribution in [0.25, 0.3) is 0 Å². The molecule has 1 aromatic rings. The Kier molecular flexibility index (Phi) is 4.12. The van der Waals surface area contributed by atoms with E-state index in [0.717, 1.165) is 18.9 Å². The van der Waals surface area contributed by atoms with Crippen LogP contribution in [-0.4, -0.2) is 26.4 Å². The summed E-state index contributed by atoms with van der Waals surface area (Å²) < 4.78 is 36.3. The molecule has 0 spiro atoms. The van der Waals surface area contributed by atoms with E-state index in [9.17, 15) is 13.6 Å². The number of carbonyl (C=O) groups is 1. The average Bonchev–Trinajstić information content (AvgIpc) is 2.29. The third-order valence-electron chi connectivity index (χ3n) is 1.96. The van der Waals surface area contributed by atoms with Crippen molar-refractivity contribution < 1.29 is 23.0 Å². The summed E-state index contributed by atoms with van der Waals surface area (Å²) >= 11 is 1.05. The van der Waals surface area contributed by atoms with Gasteiger partial charge in [0, 0.05) is 4.90 Å². The highest BCUT2D eigenvalue weighted by Gasteiger charge is 2.25. The lowest BCUT2D eigenvalue weighted by Gasteiger charge is -2.10. The fourth-order valence-electron chi connectivity index (χ4n) is 1.17. The zero-order chi connectivity index (χ0) is 12.3. The van der Waals surface area contributed by atoms with Crippen LogP contribution in [0.15, 0.2) is 11.0 Å².